The minimum absolute atomic E-state index is 0.108. The molecule has 0 heterocycles. The van der Waals surface area contributed by atoms with Gasteiger partial charge in [0.15, 0.2) is 12.2 Å². The number of ether oxygens (including phenoxy) is 4. The van der Waals surface area contributed by atoms with Crippen LogP contribution in [0.5, 0.6) is 0 Å². The van der Waals surface area contributed by atoms with Crippen LogP contribution in [0.4, 0.5) is 0 Å². The maximum absolute atomic E-state index is 13.2. The topological polar surface area (TPSA) is 237 Å². The zero-order valence-corrected chi connectivity index (χ0v) is 73.7. The van der Waals surface area contributed by atoms with Gasteiger partial charge in [-0.1, -0.05) is 433 Å². The van der Waals surface area contributed by atoms with Gasteiger partial charge >= 0.3 is 39.5 Å². The maximum atomic E-state index is 13.2. The van der Waals surface area contributed by atoms with Crippen molar-refractivity contribution in [3.8, 4) is 0 Å². The molecule has 3 unspecified atom stereocenters. The first kappa shape index (κ1) is 107. The standard InChI is InChI=1S/C90H176O17P2/c1-7-10-12-14-16-18-20-22-24-26-27-28-32-36-39-43-47-54-60-66-72-87(92)100-78-85(106-89(94)75-69-63-57-49-45-41-37-33-30-29-31-34-38-42-46-53-59-65-71-83(6)9-3)80-104-108(96,97)102-76-84(91)77-103-109(98,99)105-81-86(79-101-88(93)73-67-61-55-51-50-52-58-64-70-82(4)5)107-90(95)74-68-62-56-48-44-40-35-25-23-21-19-17-15-13-11-8-2/h82-86,91H,7-81H2,1-6H3,(H,96,97)(H,98,99)/t83?,84-,85-,86-/m1/s1. The Morgan fingerprint density at radius 1 is 0.266 bits per heavy atom. The molecule has 0 radical (unpaired) electrons. The molecular weight excluding hydrogens is 1410 g/mol. The highest BCUT2D eigenvalue weighted by molar-refractivity contribution is 7.47. The van der Waals surface area contributed by atoms with E-state index in [1.54, 1.807) is 0 Å². The largest absolute Gasteiger partial charge is 0.472 e. The lowest BCUT2D eigenvalue weighted by Gasteiger charge is -2.21. The third-order valence-corrected chi connectivity index (χ3v) is 23.5. The monoisotopic (exact) mass is 1590 g/mol. The molecular formula is C90H176O17P2. The van der Waals surface area contributed by atoms with Crippen LogP contribution in [0.25, 0.3) is 0 Å². The Labute approximate surface area is 670 Å². The van der Waals surface area contributed by atoms with E-state index in [9.17, 15) is 43.2 Å². The first-order valence-electron chi connectivity index (χ1n) is 46.5. The Morgan fingerprint density at radius 2 is 0.468 bits per heavy atom. The molecule has 0 saturated carbocycles. The highest BCUT2D eigenvalue weighted by Crippen LogP contribution is 2.45. The Morgan fingerprint density at radius 3 is 0.697 bits per heavy atom. The molecule has 0 spiro atoms. The summed E-state index contributed by atoms with van der Waals surface area (Å²) in [6.45, 7) is 9.73. The van der Waals surface area contributed by atoms with Crippen LogP contribution in [0.2, 0.25) is 0 Å². The van der Waals surface area contributed by atoms with E-state index in [0.717, 1.165) is 102 Å². The van der Waals surface area contributed by atoms with Crippen LogP contribution in [0.3, 0.4) is 0 Å². The van der Waals surface area contributed by atoms with Gasteiger partial charge in [0.2, 0.25) is 0 Å². The summed E-state index contributed by atoms with van der Waals surface area (Å²) in [4.78, 5) is 73.4. The van der Waals surface area contributed by atoms with Crippen LogP contribution in [-0.4, -0.2) is 96.7 Å². The number of aliphatic hydroxyl groups excluding tert-OH is 1. The number of rotatable bonds is 89. The summed E-state index contributed by atoms with van der Waals surface area (Å²) in [6, 6.07) is 0. The zero-order valence-electron chi connectivity index (χ0n) is 71.9. The summed E-state index contributed by atoms with van der Waals surface area (Å²) in [7, 11) is -9.93. The molecule has 0 aromatic carbocycles. The molecule has 0 bridgehead atoms. The second kappa shape index (κ2) is 81.2. The fourth-order valence-electron chi connectivity index (χ4n) is 14.1. The quantitative estimate of drug-likeness (QED) is 0.0222. The SMILES string of the molecule is CCCCCCCCCCCCCCCCCCCCCCC(=O)OC[C@H](COP(=O)(O)OC[C@@H](O)COP(=O)(O)OC[C@@H](COC(=O)CCCCCCCCCCC(C)C)OC(=O)CCCCCCCCCCCCCCCCCC)OC(=O)CCCCCCCCCCCCCCCCCCCCC(C)CC. The van der Waals surface area contributed by atoms with E-state index in [2.05, 4.69) is 41.5 Å². The molecule has 3 N–H and O–H groups in total. The number of esters is 4. The van der Waals surface area contributed by atoms with Crippen LogP contribution < -0.4 is 0 Å². The van der Waals surface area contributed by atoms with Crippen molar-refractivity contribution >= 4 is 39.5 Å². The zero-order chi connectivity index (χ0) is 79.9. The van der Waals surface area contributed by atoms with Crippen molar-refractivity contribution < 1.29 is 80.2 Å². The van der Waals surface area contributed by atoms with Crippen LogP contribution in [0, 0.1) is 11.8 Å². The van der Waals surface area contributed by atoms with E-state index in [0.29, 0.717) is 25.7 Å². The van der Waals surface area contributed by atoms with Gasteiger partial charge in [-0.25, -0.2) is 9.13 Å². The minimum atomic E-state index is -4.97. The van der Waals surface area contributed by atoms with Gasteiger partial charge in [0.1, 0.15) is 19.3 Å². The molecule has 109 heavy (non-hydrogen) atoms. The molecule has 19 heteroatoms. The molecule has 17 nitrogen and oxygen atoms in total. The molecule has 0 aliphatic heterocycles. The van der Waals surface area contributed by atoms with E-state index >= 15 is 0 Å². The Hall–Kier alpha value is -1.94. The molecule has 0 aromatic heterocycles. The normalized spacial score (nSPS) is 14.0. The third kappa shape index (κ3) is 82.4. The lowest BCUT2D eigenvalue weighted by Crippen LogP contribution is -2.30. The van der Waals surface area contributed by atoms with Crippen molar-refractivity contribution in [3.63, 3.8) is 0 Å². The molecule has 0 amide bonds. The number of hydrogen-bond donors (Lipinski definition) is 3. The number of hydrogen-bond acceptors (Lipinski definition) is 15. The lowest BCUT2D eigenvalue weighted by molar-refractivity contribution is -0.161. The minimum Gasteiger partial charge on any atom is -0.462 e. The third-order valence-electron chi connectivity index (χ3n) is 21.6. The van der Waals surface area contributed by atoms with Gasteiger partial charge in [0.25, 0.3) is 0 Å². The van der Waals surface area contributed by atoms with E-state index in [1.807, 2.05) is 0 Å². The molecule has 648 valence electrons. The molecule has 6 atom stereocenters. The summed E-state index contributed by atoms with van der Waals surface area (Å²) in [5, 5.41) is 10.7. The van der Waals surface area contributed by atoms with Gasteiger partial charge < -0.3 is 33.8 Å². The average molecular weight is 1590 g/mol. The number of phosphoric acid groups is 2. The molecule has 0 saturated heterocycles. The highest BCUT2D eigenvalue weighted by Gasteiger charge is 2.31. The summed E-state index contributed by atoms with van der Waals surface area (Å²) >= 11 is 0. The Kier molecular flexibility index (Phi) is 79.8. The molecule has 0 aromatic rings. The van der Waals surface area contributed by atoms with Gasteiger partial charge in [-0.3, -0.25) is 37.3 Å². The molecule has 0 rings (SSSR count). The summed E-state index contributed by atoms with van der Waals surface area (Å²) in [6.07, 6.45) is 75.1. The van der Waals surface area contributed by atoms with Crippen molar-refractivity contribution in [1.29, 1.82) is 0 Å². The maximum Gasteiger partial charge on any atom is 0.472 e. The predicted molar refractivity (Wildman–Crippen MR) is 451 cm³/mol. The van der Waals surface area contributed by atoms with Crippen molar-refractivity contribution in [1.82, 2.24) is 0 Å². The second-order valence-electron chi connectivity index (χ2n) is 33.1. The number of unbranched alkanes of at least 4 members (excludes halogenated alkanes) is 58. The number of carbonyl (C=O) groups excluding carboxylic acids is 4. The first-order valence-corrected chi connectivity index (χ1v) is 49.5. The fraction of sp³-hybridized carbons (Fsp3) is 0.956. The summed E-state index contributed by atoms with van der Waals surface area (Å²) in [5.74, 6) is -0.500. The average Bonchev–Trinajstić information content (AvgIpc) is 1.03. The van der Waals surface area contributed by atoms with E-state index in [-0.39, 0.29) is 25.7 Å². The van der Waals surface area contributed by atoms with E-state index in [1.165, 1.54) is 302 Å². The van der Waals surface area contributed by atoms with Gasteiger partial charge in [0.05, 0.1) is 26.4 Å². The second-order valence-corrected chi connectivity index (χ2v) is 36.0. The first-order chi connectivity index (χ1) is 52.9. The van der Waals surface area contributed by atoms with Crippen LogP contribution in [-0.2, 0) is 65.4 Å². The van der Waals surface area contributed by atoms with Gasteiger partial charge in [-0.15, -0.1) is 0 Å². The van der Waals surface area contributed by atoms with Crippen LogP contribution in [0.1, 0.15) is 485 Å². The van der Waals surface area contributed by atoms with E-state index < -0.39 is 97.5 Å². The van der Waals surface area contributed by atoms with Crippen molar-refractivity contribution in [2.75, 3.05) is 39.6 Å². The molecule has 0 fully saturated rings. The van der Waals surface area contributed by atoms with Crippen LogP contribution >= 0.6 is 15.6 Å². The molecule has 0 aliphatic rings. The van der Waals surface area contributed by atoms with Gasteiger partial charge in [0, 0.05) is 25.7 Å². The van der Waals surface area contributed by atoms with Crippen molar-refractivity contribution in [3.05, 3.63) is 0 Å². The lowest BCUT2D eigenvalue weighted by atomic mass is 9.99. The Balaban J connectivity index is 5.23. The van der Waals surface area contributed by atoms with Gasteiger partial charge in [-0.2, -0.15) is 0 Å². The van der Waals surface area contributed by atoms with Crippen LogP contribution in [0.15, 0.2) is 0 Å². The highest BCUT2D eigenvalue weighted by atomic mass is 31.2. The number of phosphoric ester groups is 2. The van der Waals surface area contributed by atoms with Crippen molar-refractivity contribution in [2.24, 2.45) is 11.8 Å². The fourth-order valence-corrected chi connectivity index (χ4v) is 15.7. The van der Waals surface area contributed by atoms with E-state index in [4.69, 9.17) is 37.0 Å². The Bertz CT molecular complexity index is 2080. The van der Waals surface area contributed by atoms with Gasteiger partial charge in [-0.05, 0) is 37.5 Å². The summed E-state index contributed by atoms with van der Waals surface area (Å²) < 4.78 is 69.0. The summed E-state index contributed by atoms with van der Waals surface area (Å²) in [5.41, 5.74) is 0. The number of carbonyl (C=O) groups is 4. The predicted octanol–water partition coefficient (Wildman–Crippen LogP) is 27.8. The smallest absolute Gasteiger partial charge is 0.462 e. The molecule has 0 aliphatic carbocycles. The number of aliphatic hydroxyl groups is 1. The van der Waals surface area contributed by atoms with Crippen molar-refractivity contribution in [2.45, 2.75) is 503 Å².